The lowest BCUT2D eigenvalue weighted by atomic mass is 10.1. The molecule has 0 unspecified atom stereocenters. The zero-order valence-corrected chi connectivity index (χ0v) is 15.3. The first-order chi connectivity index (χ1) is 13.6. The molecule has 1 aliphatic heterocycles. The monoisotopic (exact) mass is 376 g/mol. The Balaban J connectivity index is 1.76. The second-order valence-electron chi connectivity index (χ2n) is 6.69. The summed E-state index contributed by atoms with van der Waals surface area (Å²) >= 11 is 0. The van der Waals surface area contributed by atoms with E-state index in [2.05, 4.69) is 15.1 Å². The van der Waals surface area contributed by atoms with Gasteiger partial charge in [-0.1, -0.05) is 0 Å². The normalized spacial score (nSPS) is 14.1. The highest BCUT2D eigenvalue weighted by atomic mass is 16.2. The number of likely N-dealkylation sites (tertiary alicyclic amines) is 1. The molecule has 1 aliphatic rings. The number of pyridine rings is 2. The standard InChI is InChI=1S/C20H20N6O2/c21-19(27)14-6-7-16(23-12-14)18-11-17(20(28)25-9-2-1-3-10-25)24-26(18)15-5-4-8-22-13-15/h4-8,11-13H,1-3,9-10H2,(H2,21,27). The fourth-order valence-electron chi connectivity index (χ4n) is 3.29. The molecule has 142 valence electrons. The van der Waals surface area contributed by atoms with Crippen molar-refractivity contribution >= 4 is 11.8 Å². The van der Waals surface area contributed by atoms with Crippen LogP contribution in [0.2, 0.25) is 0 Å². The highest BCUT2D eigenvalue weighted by Crippen LogP contribution is 2.24. The van der Waals surface area contributed by atoms with Crippen LogP contribution in [0.5, 0.6) is 0 Å². The number of rotatable bonds is 4. The first-order valence-electron chi connectivity index (χ1n) is 9.19. The quantitative estimate of drug-likeness (QED) is 0.750. The zero-order valence-electron chi connectivity index (χ0n) is 15.3. The van der Waals surface area contributed by atoms with Crippen molar-refractivity contribution < 1.29 is 9.59 Å². The number of hydrogen-bond acceptors (Lipinski definition) is 5. The number of nitrogens with two attached hydrogens (primary N) is 1. The Kier molecular flexibility index (Phi) is 4.84. The summed E-state index contributed by atoms with van der Waals surface area (Å²) in [7, 11) is 0. The van der Waals surface area contributed by atoms with Gasteiger partial charge in [0.1, 0.15) is 0 Å². The van der Waals surface area contributed by atoms with Gasteiger partial charge in [0.15, 0.2) is 5.69 Å². The third kappa shape index (κ3) is 3.48. The average molecular weight is 376 g/mol. The molecular formula is C20H20N6O2. The maximum absolute atomic E-state index is 12.9. The number of hydrogen-bond donors (Lipinski definition) is 1. The van der Waals surface area contributed by atoms with Crippen molar-refractivity contribution in [1.29, 1.82) is 0 Å². The summed E-state index contributed by atoms with van der Waals surface area (Å²) in [5, 5.41) is 4.54. The summed E-state index contributed by atoms with van der Waals surface area (Å²) in [6.45, 7) is 1.50. The summed E-state index contributed by atoms with van der Waals surface area (Å²) in [4.78, 5) is 34.6. The van der Waals surface area contributed by atoms with Gasteiger partial charge in [-0.2, -0.15) is 5.10 Å². The largest absolute Gasteiger partial charge is 0.366 e. The third-order valence-corrected chi connectivity index (χ3v) is 4.77. The van der Waals surface area contributed by atoms with E-state index in [4.69, 9.17) is 5.73 Å². The zero-order chi connectivity index (χ0) is 19.5. The van der Waals surface area contributed by atoms with Gasteiger partial charge in [0.25, 0.3) is 5.91 Å². The van der Waals surface area contributed by atoms with E-state index in [9.17, 15) is 9.59 Å². The minimum Gasteiger partial charge on any atom is -0.366 e. The number of carbonyl (C=O) groups is 2. The van der Waals surface area contributed by atoms with Crippen molar-refractivity contribution in [1.82, 2.24) is 24.6 Å². The van der Waals surface area contributed by atoms with Gasteiger partial charge in [-0.15, -0.1) is 0 Å². The van der Waals surface area contributed by atoms with E-state index in [1.54, 1.807) is 41.3 Å². The summed E-state index contributed by atoms with van der Waals surface area (Å²) in [5.74, 6) is -0.627. The Morgan fingerprint density at radius 1 is 1.04 bits per heavy atom. The number of primary amides is 1. The molecule has 2 amide bonds. The molecule has 2 N–H and O–H groups in total. The van der Waals surface area contributed by atoms with Crippen molar-refractivity contribution in [2.24, 2.45) is 5.73 Å². The molecule has 0 atom stereocenters. The second-order valence-corrected chi connectivity index (χ2v) is 6.69. The molecule has 0 aromatic carbocycles. The Bertz CT molecular complexity index is 991. The fourth-order valence-corrected chi connectivity index (χ4v) is 3.29. The Hall–Kier alpha value is -3.55. The van der Waals surface area contributed by atoms with E-state index in [1.165, 1.54) is 6.20 Å². The first-order valence-corrected chi connectivity index (χ1v) is 9.19. The number of carbonyl (C=O) groups excluding carboxylic acids is 2. The maximum Gasteiger partial charge on any atom is 0.274 e. The first kappa shape index (κ1) is 17.8. The molecule has 0 aliphatic carbocycles. The van der Waals surface area contributed by atoms with Gasteiger partial charge < -0.3 is 10.6 Å². The molecule has 1 fully saturated rings. The predicted octanol–water partition coefficient (Wildman–Crippen LogP) is 2.05. The molecule has 0 spiro atoms. The lowest BCUT2D eigenvalue weighted by Crippen LogP contribution is -2.35. The molecule has 3 aromatic rings. The van der Waals surface area contributed by atoms with Crippen molar-refractivity contribution in [3.8, 4) is 17.1 Å². The van der Waals surface area contributed by atoms with Gasteiger partial charge in [-0.05, 0) is 49.6 Å². The van der Waals surface area contributed by atoms with Gasteiger partial charge >= 0.3 is 0 Å². The smallest absolute Gasteiger partial charge is 0.274 e. The Labute approximate surface area is 162 Å². The molecule has 0 bridgehead atoms. The molecule has 0 radical (unpaired) electrons. The van der Waals surface area contributed by atoms with Crippen LogP contribution < -0.4 is 5.73 Å². The van der Waals surface area contributed by atoms with Crippen LogP contribution >= 0.6 is 0 Å². The number of piperidine rings is 1. The van der Waals surface area contributed by atoms with Crippen molar-refractivity contribution in [3.63, 3.8) is 0 Å². The molecule has 8 nitrogen and oxygen atoms in total. The van der Waals surface area contributed by atoms with Crippen LogP contribution in [0, 0.1) is 0 Å². The molecular weight excluding hydrogens is 356 g/mol. The molecule has 1 saturated heterocycles. The number of amides is 2. The lowest BCUT2D eigenvalue weighted by Gasteiger charge is -2.25. The van der Waals surface area contributed by atoms with E-state index in [0.29, 0.717) is 22.6 Å². The third-order valence-electron chi connectivity index (χ3n) is 4.77. The molecule has 8 heteroatoms. The number of aromatic nitrogens is 4. The maximum atomic E-state index is 12.9. The highest BCUT2D eigenvalue weighted by molar-refractivity contribution is 5.94. The van der Waals surface area contributed by atoms with Crippen molar-refractivity contribution in [3.05, 3.63) is 60.2 Å². The summed E-state index contributed by atoms with van der Waals surface area (Å²) in [6, 6.07) is 8.69. The summed E-state index contributed by atoms with van der Waals surface area (Å²) in [5.41, 5.74) is 7.92. The van der Waals surface area contributed by atoms with E-state index in [-0.39, 0.29) is 5.91 Å². The van der Waals surface area contributed by atoms with Crippen LogP contribution in [-0.4, -0.2) is 49.6 Å². The van der Waals surface area contributed by atoms with E-state index in [1.807, 2.05) is 11.0 Å². The minimum atomic E-state index is -0.541. The highest BCUT2D eigenvalue weighted by Gasteiger charge is 2.23. The summed E-state index contributed by atoms with van der Waals surface area (Å²) in [6.07, 6.45) is 7.94. The number of nitrogens with zero attached hydrogens (tertiary/aromatic N) is 5. The topological polar surface area (TPSA) is 107 Å². The van der Waals surface area contributed by atoms with Crippen LogP contribution in [0.15, 0.2) is 48.9 Å². The van der Waals surface area contributed by atoms with Crippen LogP contribution in [0.25, 0.3) is 17.1 Å². The molecule has 4 heterocycles. The Morgan fingerprint density at radius 2 is 1.86 bits per heavy atom. The van der Waals surface area contributed by atoms with Crippen LogP contribution in [-0.2, 0) is 0 Å². The molecule has 28 heavy (non-hydrogen) atoms. The van der Waals surface area contributed by atoms with E-state index >= 15 is 0 Å². The molecule has 0 saturated carbocycles. The van der Waals surface area contributed by atoms with Crippen LogP contribution in [0.1, 0.15) is 40.1 Å². The fraction of sp³-hybridized carbons (Fsp3) is 0.250. The van der Waals surface area contributed by atoms with Crippen LogP contribution in [0.4, 0.5) is 0 Å². The second kappa shape index (κ2) is 7.59. The van der Waals surface area contributed by atoms with Gasteiger partial charge in [0.05, 0.1) is 28.8 Å². The van der Waals surface area contributed by atoms with E-state index in [0.717, 1.165) is 38.0 Å². The van der Waals surface area contributed by atoms with Gasteiger partial charge in [-0.25, -0.2) is 4.68 Å². The van der Waals surface area contributed by atoms with E-state index < -0.39 is 5.91 Å². The van der Waals surface area contributed by atoms with Gasteiger partial charge in [0, 0.05) is 25.5 Å². The Morgan fingerprint density at radius 3 is 2.50 bits per heavy atom. The van der Waals surface area contributed by atoms with Gasteiger partial charge in [-0.3, -0.25) is 19.6 Å². The minimum absolute atomic E-state index is 0.0858. The predicted molar refractivity (Wildman–Crippen MR) is 103 cm³/mol. The van der Waals surface area contributed by atoms with Crippen LogP contribution in [0.3, 0.4) is 0 Å². The lowest BCUT2D eigenvalue weighted by molar-refractivity contribution is 0.0717. The molecule has 3 aromatic heterocycles. The SMILES string of the molecule is NC(=O)c1ccc(-c2cc(C(=O)N3CCCCC3)nn2-c2cccnc2)nc1. The van der Waals surface area contributed by atoms with Crippen molar-refractivity contribution in [2.75, 3.05) is 13.1 Å². The van der Waals surface area contributed by atoms with Gasteiger partial charge in [0.2, 0.25) is 5.91 Å². The van der Waals surface area contributed by atoms with Crippen molar-refractivity contribution in [2.45, 2.75) is 19.3 Å². The summed E-state index contributed by atoms with van der Waals surface area (Å²) < 4.78 is 1.65. The average Bonchev–Trinajstić information content (AvgIpc) is 3.20. The molecule has 4 rings (SSSR count).